The number of benzene rings is 1. The number of halogens is 3. The highest BCUT2D eigenvalue weighted by molar-refractivity contribution is 6.02. The van der Waals surface area contributed by atoms with Gasteiger partial charge < -0.3 is 20.5 Å². The van der Waals surface area contributed by atoms with Gasteiger partial charge in [-0.25, -0.2) is 28.1 Å². The van der Waals surface area contributed by atoms with E-state index in [0.29, 0.717) is 12.3 Å². The van der Waals surface area contributed by atoms with Gasteiger partial charge in [-0.05, 0) is 31.0 Å². The number of nitrogens with two attached hydrogens (primary N) is 1. The molecule has 0 radical (unpaired) electrons. The van der Waals surface area contributed by atoms with Gasteiger partial charge in [-0.3, -0.25) is 4.79 Å². The summed E-state index contributed by atoms with van der Waals surface area (Å²) in [7, 11) is 0. The number of hydrogen-bond acceptors (Lipinski definition) is 7. The van der Waals surface area contributed by atoms with Crippen molar-refractivity contribution in [3.05, 3.63) is 59.8 Å². The molecule has 1 fully saturated rings. The van der Waals surface area contributed by atoms with E-state index < -0.39 is 47.3 Å². The molecule has 1 aromatic heterocycles. The molecule has 2 aromatic rings. The van der Waals surface area contributed by atoms with Crippen molar-refractivity contribution >= 4 is 17.6 Å². The van der Waals surface area contributed by atoms with Crippen LogP contribution in [-0.4, -0.2) is 41.0 Å². The number of amidine groups is 1. The Bertz CT molecular complexity index is 1280. The Morgan fingerprint density at radius 1 is 1.31 bits per heavy atom. The van der Waals surface area contributed by atoms with Gasteiger partial charge in [0, 0.05) is 29.5 Å². The third-order valence-electron chi connectivity index (χ3n) is 6.21. The fourth-order valence-electron chi connectivity index (χ4n) is 4.31. The van der Waals surface area contributed by atoms with Gasteiger partial charge in [0.15, 0.2) is 12.1 Å². The van der Waals surface area contributed by atoms with Crippen LogP contribution in [0.3, 0.4) is 0 Å². The van der Waals surface area contributed by atoms with Gasteiger partial charge >= 0.3 is 0 Å². The number of carbonyl (C=O) groups excluding carboxylic acids is 1. The lowest BCUT2D eigenvalue weighted by molar-refractivity contribution is -0.0251. The number of nitrogens with one attached hydrogen (secondary N) is 1. The molecular formula is C25H22F3N5O3. The molecule has 3 unspecified atom stereocenters. The van der Waals surface area contributed by atoms with Crippen LogP contribution < -0.4 is 15.8 Å². The molecule has 2 heterocycles. The van der Waals surface area contributed by atoms with Crippen LogP contribution in [0.1, 0.15) is 35.3 Å². The first-order chi connectivity index (χ1) is 17.4. The van der Waals surface area contributed by atoms with Gasteiger partial charge in [-0.15, -0.1) is 0 Å². The molecule has 11 heteroatoms. The van der Waals surface area contributed by atoms with Crippen molar-refractivity contribution in [2.24, 2.45) is 22.6 Å². The number of aliphatic imine (C=N–C) groups is 1. The maximum atomic E-state index is 15.0. The number of anilines is 1. The van der Waals surface area contributed by atoms with E-state index in [-0.39, 0.29) is 23.9 Å². The molecular weight excluding hydrogens is 475 g/mol. The number of ether oxygens (including phenoxy) is 2. The molecule has 1 amide bonds. The predicted octanol–water partition coefficient (Wildman–Crippen LogP) is 3.41. The highest BCUT2D eigenvalue weighted by Crippen LogP contribution is 2.49. The molecule has 3 aliphatic rings. The van der Waals surface area contributed by atoms with E-state index in [9.17, 15) is 18.0 Å². The largest absolute Gasteiger partial charge is 0.463 e. The zero-order valence-electron chi connectivity index (χ0n) is 19.0. The summed E-state index contributed by atoms with van der Waals surface area (Å²) in [5.74, 6) is 4.11. The van der Waals surface area contributed by atoms with Gasteiger partial charge in [0.05, 0.1) is 12.4 Å². The van der Waals surface area contributed by atoms with Gasteiger partial charge in [-0.1, -0.05) is 24.0 Å². The smallest absolute Gasteiger partial charge is 0.283 e. The van der Waals surface area contributed by atoms with E-state index in [4.69, 9.17) is 15.2 Å². The van der Waals surface area contributed by atoms with Crippen molar-refractivity contribution in [2.75, 3.05) is 11.9 Å². The normalized spacial score (nSPS) is 24.3. The van der Waals surface area contributed by atoms with E-state index in [1.807, 2.05) is 0 Å². The van der Waals surface area contributed by atoms with E-state index >= 15 is 0 Å². The van der Waals surface area contributed by atoms with Crippen LogP contribution in [0.25, 0.3) is 0 Å². The monoisotopic (exact) mass is 497 g/mol. The standard InChI is InChI=1S/C25H22F3N5O3/c26-18-9-8-15(11-17(18)25(23(27)28)16-4-1-5-20(16)36-24(29)33-25)32-22(34)19-12-31-21(13-30-19)35-10-2-3-14-6-7-14/h1,4,8-9,11-14,16,20,23H,5-7,10H2,(H2,29,33)(H,32,34). The first-order valence-electron chi connectivity index (χ1n) is 11.4. The highest BCUT2D eigenvalue weighted by atomic mass is 19.3. The fourth-order valence-corrected chi connectivity index (χ4v) is 4.31. The molecule has 0 bridgehead atoms. The van der Waals surface area contributed by atoms with E-state index in [1.165, 1.54) is 24.5 Å². The van der Waals surface area contributed by atoms with Crippen molar-refractivity contribution in [3.63, 3.8) is 0 Å². The Morgan fingerprint density at radius 2 is 2.14 bits per heavy atom. The Balaban J connectivity index is 1.35. The molecule has 3 atom stereocenters. The summed E-state index contributed by atoms with van der Waals surface area (Å²) in [5.41, 5.74) is 3.03. The van der Waals surface area contributed by atoms with E-state index in [2.05, 4.69) is 32.1 Å². The van der Waals surface area contributed by atoms with E-state index in [1.54, 1.807) is 6.08 Å². The second kappa shape index (κ2) is 9.53. The molecule has 3 N–H and O–H groups in total. The molecule has 5 rings (SSSR count). The summed E-state index contributed by atoms with van der Waals surface area (Å²) in [6, 6.07) is 2.95. The highest BCUT2D eigenvalue weighted by Gasteiger charge is 2.56. The van der Waals surface area contributed by atoms with Crippen LogP contribution in [0.15, 0.2) is 47.7 Å². The predicted molar refractivity (Wildman–Crippen MR) is 124 cm³/mol. The lowest BCUT2D eigenvalue weighted by atomic mass is 9.76. The minimum Gasteiger partial charge on any atom is -0.463 e. The van der Waals surface area contributed by atoms with Crippen molar-refractivity contribution in [1.29, 1.82) is 0 Å². The number of rotatable bonds is 6. The number of amides is 1. The summed E-state index contributed by atoms with van der Waals surface area (Å²) in [6.45, 7) is 0.163. The summed E-state index contributed by atoms with van der Waals surface area (Å²) in [4.78, 5) is 24.6. The summed E-state index contributed by atoms with van der Waals surface area (Å²) in [6.07, 6.45) is 4.49. The minimum atomic E-state index is -3.09. The third kappa shape index (κ3) is 4.58. The Hall–Kier alpha value is -4.07. The SMILES string of the molecule is NC1=NC(c2cc(NC(=O)c3cnc(OCC#CC4CC4)cn3)ccc2F)(C(F)F)C2C=CCC2O1. The lowest BCUT2D eigenvalue weighted by Gasteiger charge is -2.41. The topological polar surface area (TPSA) is 112 Å². The average Bonchev–Trinajstić information content (AvgIpc) is 3.57. The molecule has 1 aromatic carbocycles. The van der Waals surface area contributed by atoms with Gasteiger partial charge in [0.1, 0.15) is 17.6 Å². The van der Waals surface area contributed by atoms with Gasteiger partial charge in [0.25, 0.3) is 18.4 Å². The summed E-state index contributed by atoms with van der Waals surface area (Å²) in [5, 5.41) is 2.54. The number of hydrogen-bond donors (Lipinski definition) is 2. The van der Waals surface area contributed by atoms with Crippen molar-refractivity contribution in [3.8, 4) is 17.7 Å². The number of carbonyl (C=O) groups is 1. The zero-order valence-corrected chi connectivity index (χ0v) is 19.0. The number of fused-ring (bicyclic) bond motifs is 1. The second-order valence-electron chi connectivity index (χ2n) is 8.69. The quantitative estimate of drug-likeness (QED) is 0.467. The first-order valence-corrected chi connectivity index (χ1v) is 11.4. The maximum Gasteiger partial charge on any atom is 0.283 e. The summed E-state index contributed by atoms with van der Waals surface area (Å²) >= 11 is 0. The van der Waals surface area contributed by atoms with E-state index in [0.717, 1.165) is 25.0 Å². The number of aromatic nitrogens is 2. The second-order valence-corrected chi connectivity index (χ2v) is 8.69. The fraction of sp³-hybridized carbons (Fsp3) is 0.360. The van der Waals surface area contributed by atoms with Crippen LogP contribution in [0.2, 0.25) is 0 Å². The molecule has 186 valence electrons. The molecule has 0 saturated heterocycles. The Kier molecular flexibility index (Phi) is 6.26. The Labute approximate surface area is 204 Å². The maximum absolute atomic E-state index is 15.0. The van der Waals surface area contributed by atoms with Crippen LogP contribution in [-0.2, 0) is 10.3 Å². The van der Waals surface area contributed by atoms with Gasteiger partial charge in [-0.2, -0.15) is 0 Å². The van der Waals surface area contributed by atoms with Crippen LogP contribution in [0.4, 0.5) is 18.9 Å². The molecule has 1 saturated carbocycles. The number of nitrogens with zero attached hydrogens (tertiary/aromatic N) is 3. The zero-order chi connectivity index (χ0) is 25.3. The molecule has 1 aliphatic heterocycles. The van der Waals surface area contributed by atoms with Crippen molar-refractivity contribution in [1.82, 2.24) is 9.97 Å². The third-order valence-corrected chi connectivity index (χ3v) is 6.21. The van der Waals surface area contributed by atoms with Crippen molar-refractivity contribution < 1.29 is 27.4 Å². The summed E-state index contributed by atoms with van der Waals surface area (Å²) < 4.78 is 54.8. The molecule has 8 nitrogen and oxygen atoms in total. The molecule has 2 aliphatic carbocycles. The van der Waals surface area contributed by atoms with Gasteiger partial charge in [0.2, 0.25) is 5.88 Å². The Morgan fingerprint density at radius 3 is 2.86 bits per heavy atom. The minimum absolute atomic E-state index is 0.0482. The van der Waals surface area contributed by atoms with Crippen molar-refractivity contribution in [2.45, 2.75) is 37.3 Å². The van der Waals surface area contributed by atoms with Crippen LogP contribution in [0, 0.1) is 29.5 Å². The van der Waals surface area contributed by atoms with Crippen LogP contribution >= 0.6 is 0 Å². The van der Waals surface area contributed by atoms with Crippen LogP contribution in [0.5, 0.6) is 5.88 Å². The average molecular weight is 497 g/mol. The molecule has 36 heavy (non-hydrogen) atoms. The number of alkyl halides is 2. The molecule has 0 spiro atoms. The lowest BCUT2D eigenvalue weighted by Crippen LogP contribution is -2.51. The first kappa shape index (κ1) is 23.7.